The van der Waals surface area contributed by atoms with E-state index in [9.17, 15) is 8.78 Å². The number of rotatable bonds is 6. The van der Waals surface area contributed by atoms with Crippen molar-refractivity contribution in [1.29, 1.82) is 0 Å². The molecule has 1 N–H and O–H groups in total. The minimum Gasteiger partial charge on any atom is -0.484 e. The average Bonchev–Trinajstić information content (AvgIpc) is 2.39. The molecule has 3 nitrogen and oxygen atoms in total. The summed E-state index contributed by atoms with van der Waals surface area (Å²) >= 11 is 3.13. The maximum atomic E-state index is 13.7. The lowest BCUT2D eigenvalue weighted by atomic mass is 9.85. The van der Waals surface area contributed by atoms with E-state index in [1.54, 1.807) is 0 Å². The summed E-state index contributed by atoms with van der Waals surface area (Å²) in [5.41, 5.74) is 0. The van der Waals surface area contributed by atoms with Crippen LogP contribution in [0.15, 0.2) is 16.6 Å². The van der Waals surface area contributed by atoms with Crippen LogP contribution in [-0.4, -0.2) is 31.9 Å². The van der Waals surface area contributed by atoms with E-state index >= 15 is 0 Å². The molecule has 0 heterocycles. The Hall–Kier alpha value is -0.720. The van der Waals surface area contributed by atoms with Crippen LogP contribution in [0, 0.1) is 11.6 Å². The number of halogens is 3. The lowest BCUT2D eigenvalue weighted by Crippen LogP contribution is -2.60. The van der Waals surface area contributed by atoms with E-state index in [1.165, 1.54) is 6.07 Å². The molecule has 0 bridgehead atoms. The lowest BCUT2D eigenvalue weighted by Gasteiger charge is -2.43. The molecular formula is C14H18BrF2NO2. The van der Waals surface area contributed by atoms with E-state index in [0.29, 0.717) is 17.5 Å². The van der Waals surface area contributed by atoms with Crippen LogP contribution in [0.3, 0.4) is 0 Å². The predicted molar refractivity (Wildman–Crippen MR) is 76.0 cm³/mol. The second kappa shape index (κ2) is 6.83. The quantitative estimate of drug-likeness (QED) is 0.799. The molecule has 20 heavy (non-hydrogen) atoms. The second-order valence-corrected chi connectivity index (χ2v) is 5.74. The standard InChI is InChI=1S/C14H18BrF2NO2/c1-3-4-19-14-10(18-2)7-12(14)20-11-6-8(15)5-9(16)13(11)17/h5-6,10,12,14,18H,3-4,7H2,1-2H3. The van der Waals surface area contributed by atoms with Crippen molar-refractivity contribution in [3.8, 4) is 5.75 Å². The van der Waals surface area contributed by atoms with Gasteiger partial charge in [0.25, 0.3) is 0 Å². The molecule has 0 amide bonds. The van der Waals surface area contributed by atoms with Crippen molar-refractivity contribution < 1.29 is 18.3 Å². The lowest BCUT2D eigenvalue weighted by molar-refractivity contribution is -0.107. The topological polar surface area (TPSA) is 30.5 Å². The molecule has 1 saturated carbocycles. The molecule has 1 fully saturated rings. The highest BCUT2D eigenvalue weighted by Gasteiger charge is 2.43. The Morgan fingerprint density at radius 3 is 2.80 bits per heavy atom. The van der Waals surface area contributed by atoms with Crippen LogP contribution < -0.4 is 10.1 Å². The summed E-state index contributed by atoms with van der Waals surface area (Å²) in [5, 5.41) is 3.13. The van der Waals surface area contributed by atoms with Crippen molar-refractivity contribution in [2.24, 2.45) is 0 Å². The highest BCUT2D eigenvalue weighted by molar-refractivity contribution is 9.10. The van der Waals surface area contributed by atoms with E-state index in [4.69, 9.17) is 9.47 Å². The van der Waals surface area contributed by atoms with Gasteiger partial charge in [-0.15, -0.1) is 0 Å². The van der Waals surface area contributed by atoms with Gasteiger partial charge in [-0.05, 0) is 25.6 Å². The molecule has 1 aromatic carbocycles. The summed E-state index contributed by atoms with van der Waals surface area (Å²) < 4.78 is 38.7. The number of ether oxygens (including phenoxy) is 2. The monoisotopic (exact) mass is 349 g/mol. The van der Waals surface area contributed by atoms with Gasteiger partial charge in [-0.1, -0.05) is 22.9 Å². The van der Waals surface area contributed by atoms with E-state index < -0.39 is 11.6 Å². The smallest absolute Gasteiger partial charge is 0.200 e. The molecule has 6 heteroatoms. The van der Waals surface area contributed by atoms with Gasteiger partial charge in [-0.2, -0.15) is 4.39 Å². The number of nitrogens with one attached hydrogen (secondary N) is 1. The SMILES string of the molecule is CCCOC1C(NC)CC1Oc1cc(Br)cc(F)c1F. The molecule has 0 spiro atoms. The van der Waals surface area contributed by atoms with Crippen LogP contribution in [0.4, 0.5) is 8.78 Å². The third kappa shape index (κ3) is 3.30. The molecule has 1 aliphatic rings. The molecule has 0 aliphatic heterocycles. The molecule has 0 aromatic heterocycles. The van der Waals surface area contributed by atoms with Crippen molar-refractivity contribution in [3.63, 3.8) is 0 Å². The Bertz CT molecular complexity index is 473. The first-order valence-corrected chi connectivity index (χ1v) is 7.46. The fourth-order valence-corrected chi connectivity index (χ4v) is 2.65. The maximum Gasteiger partial charge on any atom is 0.200 e. The average molecular weight is 350 g/mol. The molecular weight excluding hydrogens is 332 g/mol. The van der Waals surface area contributed by atoms with Gasteiger partial charge in [0.1, 0.15) is 12.2 Å². The van der Waals surface area contributed by atoms with Gasteiger partial charge in [0.2, 0.25) is 5.82 Å². The zero-order valence-electron chi connectivity index (χ0n) is 11.5. The van der Waals surface area contributed by atoms with E-state index in [0.717, 1.165) is 12.5 Å². The van der Waals surface area contributed by atoms with Crippen LogP contribution in [0.5, 0.6) is 5.75 Å². The van der Waals surface area contributed by atoms with E-state index in [-0.39, 0.29) is 24.0 Å². The largest absolute Gasteiger partial charge is 0.484 e. The fraction of sp³-hybridized carbons (Fsp3) is 0.571. The third-order valence-corrected chi connectivity index (χ3v) is 3.83. The Morgan fingerprint density at radius 2 is 2.15 bits per heavy atom. The van der Waals surface area contributed by atoms with Crippen LogP contribution in [0.2, 0.25) is 0 Å². The Balaban J connectivity index is 2.06. The van der Waals surface area contributed by atoms with Crippen LogP contribution in [0.1, 0.15) is 19.8 Å². The fourth-order valence-electron chi connectivity index (χ4n) is 2.24. The molecule has 1 aromatic rings. The summed E-state index contributed by atoms with van der Waals surface area (Å²) in [6.07, 6.45) is 1.21. The highest BCUT2D eigenvalue weighted by atomic mass is 79.9. The number of likely N-dealkylation sites (N-methyl/N-ethyl adjacent to an activating group) is 1. The van der Waals surface area contributed by atoms with Crippen LogP contribution >= 0.6 is 15.9 Å². The molecule has 112 valence electrons. The highest BCUT2D eigenvalue weighted by Crippen LogP contribution is 2.32. The molecule has 0 radical (unpaired) electrons. The Morgan fingerprint density at radius 1 is 1.40 bits per heavy atom. The van der Waals surface area contributed by atoms with Gasteiger partial charge in [0.15, 0.2) is 11.6 Å². The minimum atomic E-state index is -0.963. The van der Waals surface area contributed by atoms with Gasteiger partial charge in [0.05, 0.1) is 0 Å². The van der Waals surface area contributed by atoms with Gasteiger partial charge < -0.3 is 14.8 Å². The van der Waals surface area contributed by atoms with E-state index in [2.05, 4.69) is 21.2 Å². The summed E-state index contributed by atoms with van der Waals surface area (Å²) in [6.45, 7) is 2.64. The van der Waals surface area contributed by atoms with E-state index in [1.807, 2.05) is 14.0 Å². The normalized spacial score (nSPS) is 25.4. The predicted octanol–water partition coefficient (Wildman–Crippen LogP) is 3.26. The zero-order chi connectivity index (χ0) is 14.7. The van der Waals surface area contributed by atoms with Crippen molar-refractivity contribution >= 4 is 15.9 Å². The van der Waals surface area contributed by atoms with Gasteiger partial charge in [-0.3, -0.25) is 0 Å². The molecule has 3 unspecified atom stereocenters. The zero-order valence-corrected chi connectivity index (χ0v) is 13.0. The summed E-state index contributed by atoms with van der Waals surface area (Å²) in [6, 6.07) is 2.69. The van der Waals surface area contributed by atoms with Crippen LogP contribution in [-0.2, 0) is 4.74 Å². The molecule has 2 rings (SSSR count). The first-order chi connectivity index (χ1) is 9.56. The first-order valence-electron chi connectivity index (χ1n) is 6.66. The first kappa shape index (κ1) is 15.7. The maximum absolute atomic E-state index is 13.7. The van der Waals surface area contributed by atoms with Crippen LogP contribution in [0.25, 0.3) is 0 Å². The minimum absolute atomic E-state index is 0.0819. The van der Waals surface area contributed by atoms with Crippen molar-refractivity contribution in [1.82, 2.24) is 5.32 Å². The molecule has 3 atom stereocenters. The summed E-state index contributed by atoms with van der Waals surface area (Å²) in [4.78, 5) is 0. The summed E-state index contributed by atoms with van der Waals surface area (Å²) in [5.74, 6) is -1.97. The molecule has 1 aliphatic carbocycles. The van der Waals surface area contributed by atoms with Crippen molar-refractivity contribution in [2.75, 3.05) is 13.7 Å². The number of hydrogen-bond donors (Lipinski definition) is 1. The van der Waals surface area contributed by atoms with Gasteiger partial charge in [-0.25, -0.2) is 4.39 Å². The summed E-state index contributed by atoms with van der Waals surface area (Å²) in [7, 11) is 1.85. The second-order valence-electron chi connectivity index (χ2n) is 4.82. The van der Waals surface area contributed by atoms with Gasteiger partial charge in [0, 0.05) is 23.5 Å². The van der Waals surface area contributed by atoms with Gasteiger partial charge >= 0.3 is 0 Å². The molecule has 0 saturated heterocycles. The Kier molecular flexibility index (Phi) is 5.35. The number of benzene rings is 1. The van der Waals surface area contributed by atoms with Crippen molar-refractivity contribution in [3.05, 3.63) is 28.2 Å². The number of hydrogen-bond acceptors (Lipinski definition) is 3. The van der Waals surface area contributed by atoms with Crippen molar-refractivity contribution in [2.45, 2.75) is 38.0 Å². The Labute approximate surface area is 125 Å². The third-order valence-electron chi connectivity index (χ3n) is 3.37.